The van der Waals surface area contributed by atoms with E-state index in [1.807, 2.05) is 32.9 Å². The van der Waals surface area contributed by atoms with Crippen molar-refractivity contribution in [3.63, 3.8) is 0 Å². The molecule has 1 aromatic heterocycles. The summed E-state index contributed by atoms with van der Waals surface area (Å²) >= 11 is 0. The first kappa shape index (κ1) is 22.1. The van der Waals surface area contributed by atoms with Gasteiger partial charge in [0.1, 0.15) is 0 Å². The molecule has 0 aliphatic carbocycles. The number of hydrogen-bond acceptors (Lipinski definition) is 5. The Labute approximate surface area is 181 Å². The number of nitrogens with zero attached hydrogens (tertiary/aromatic N) is 2. The van der Waals surface area contributed by atoms with Crippen LogP contribution in [0, 0.1) is 20.8 Å². The lowest BCUT2D eigenvalue weighted by Gasteiger charge is -2.08. The predicted molar refractivity (Wildman–Crippen MR) is 119 cm³/mol. The first-order valence-corrected chi connectivity index (χ1v) is 10.2. The molecule has 7 nitrogen and oxygen atoms in total. The molecule has 0 aliphatic rings. The zero-order valence-corrected chi connectivity index (χ0v) is 18.0. The van der Waals surface area contributed by atoms with Crippen LogP contribution in [0.15, 0.2) is 42.5 Å². The molecular formula is C24H26N4O3. The van der Waals surface area contributed by atoms with Crippen molar-refractivity contribution in [3.8, 4) is 0 Å². The fourth-order valence-corrected chi connectivity index (χ4v) is 3.05. The van der Waals surface area contributed by atoms with E-state index in [1.165, 1.54) is 0 Å². The number of hydrogen-bond donors (Lipinski definition) is 2. The van der Waals surface area contributed by atoms with E-state index >= 15 is 0 Å². The number of carbonyl (C=O) groups is 3. The van der Waals surface area contributed by atoms with Gasteiger partial charge in [-0.2, -0.15) is 0 Å². The highest BCUT2D eigenvalue weighted by atomic mass is 16.2. The largest absolute Gasteiger partial charge is 0.354 e. The molecule has 1 heterocycles. The number of amides is 2. The predicted octanol–water partition coefficient (Wildman–Crippen LogP) is 3.06. The first-order chi connectivity index (χ1) is 14.8. The number of benzene rings is 2. The zero-order valence-electron chi connectivity index (χ0n) is 18.0. The van der Waals surface area contributed by atoms with E-state index in [0.717, 1.165) is 22.5 Å². The average Bonchev–Trinajstić information content (AvgIpc) is 2.76. The van der Waals surface area contributed by atoms with Gasteiger partial charge in [0, 0.05) is 37.1 Å². The van der Waals surface area contributed by atoms with Crippen molar-refractivity contribution in [2.24, 2.45) is 0 Å². The summed E-state index contributed by atoms with van der Waals surface area (Å²) in [5.74, 6) is -0.527. The zero-order chi connectivity index (χ0) is 22.4. The summed E-state index contributed by atoms with van der Waals surface area (Å²) in [5.41, 5.74) is 5.28. The van der Waals surface area contributed by atoms with Crippen LogP contribution >= 0.6 is 0 Å². The highest BCUT2D eigenvalue weighted by Crippen LogP contribution is 2.14. The third kappa shape index (κ3) is 5.94. The Kier molecular flexibility index (Phi) is 7.07. The van der Waals surface area contributed by atoms with Crippen molar-refractivity contribution in [1.29, 1.82) is 0 Å². The summed E-state index contributed by atoms with van der Waals surface area (Å²) in [6, 6.07) is 12.5. The topological polar surface area (TPSA) is 101 Å². The van der Waals surface area contributed by atoms with Crippen molar-refractivity contribution in [3.05, 3.63) is 70.5 Å². The van der Waals surface area contributed by atoms with Crippen LogP contribution < -0.4 is 10.6 Å². The van der Waals surface area contributed by atoms with Crippen LogP contribution in [-0.2, 0) is 4.79 Å². The molecule has 0 saturated carbocycles. The molecule has 0 atom stereocenters. The summed E-state index contributed by atoms with van der Waals surface area (Å²) in [6.45, 7) is 6.30. The monoisotopic (exact) mass is 418 g/mol. The second-order valence-corrected chi connectivity index (χ2v) is 7.49. The molecular weight excluding hydrogens is 392 g/mol. The van der Waals surface area contributed by atoms with Gasteiger partial charge in [-0.25, -0.2) is 9.97 Å². The molecule has 2 N–H and O–H groups in total. The Morgan fingerprint density at radius 1 is 0.742 bits per heavy atom. The minimum absolute atomic E-state index is 0.0618. The Bertz CT molecular complexity index is 1120. The Balaban J connectivity index is 1.41. The second kappa shape index (κ2) is 9.93. The average molecular weight is 418 g/mol. The van der Waals surface area contributed by atoms with E-state index in [-0.39, 0.29) is 43.5 Å². The van der Waals surface area contributed by atoms with Crippen LogP contribution in [0.4, 0.5) is 0 Å². The van der Waals surface area contributed by atoms with Crippen LogP contribution in [-0.4, -0.2) is 40.7 Å². The Morgan fingerprint density at radius 2 is 1.35 bits per heavy atom. The van der Waals surface area contributed by atoms with Crippen LogP contribution in [0.3, 0.4) is 0 Å². The van der Waals surface area contributed by atoms with Gasteiger partial charge in [0.15, 0.2) is 5.78 Å². The summed E-state index contributed by atoms with van der Waals surface area (Å²) < 4.78 is 0. The molecule has 0 saturated heterocycles. The number of Topliss-reactive ketones (excluding diaryl/α,β-unsaturated/α-hetero) is 1. The van der Waals surface area contributed by atoms with Gasteiger partial charge in [-0.05, 0) is 39.0 Å². The lowest BCUT2D eigenvalue weighted by Crippen LogP contribution is -2.34. The van der Waals surface area contributed by atoms with Gasteiger partial charge in [-0.1, -0.05) is 29.8 Å². The molecule has 0 radical (unpaired) electrons. The summed E-state index contributed by atoms with van der Waals surface area (Å²) in [7, 11) is 0. The maximum absolute atomic E-state index is 12.4. The lowest BCUT2D eigenvalue weighted by molar-refractivity contribution is -0.121. The summed E-state index contributed by atoms with van der Waals surface area (Å²) in [6.07, 6.45) is 0.265. The number of aryl methyl sites for hydroxylation is 3. The smallest absolute Gasteiger partial charge is 0.251 e. The number of fused-ring (bicyclic) bond motifs is 1. The quantitative estimate of drug-likeness (QED) is 0.432. The van der Waals surface area contributed by atoms with Crippen LogP contribution in [0.2, 0.25) is 0 Å². The molecule has 3 rings (SSSR count). The highest BCUT2D eigenvalue weighted by Gasteiger charge is 2.11. The van der Waals surface area contributed by atoms with Gasteiger partial charge < -0.3 is 10.6 Å². The maximum Gasteiger partial charge on any atom is 0.251 e. The van der Waals surface area contributed by atoms with Crippen LogP contribution in [0.25, 0.3) is 11.0 Å². The van der Waals surface area contributed by atoms with Crippen LogP contribution in [0.1, 0.15) is 50.5 Å². The first-order valence-electron chi connectivity index (χ1n) is 10.2. The molecule has 31 heavy (non-hydrogen) atoms. The van der Waals surface area contributed by atoms with Gasteiger partial charge in [0.2, 0.25) is 5.91 Å². The fourth-order valence-electron chi connectivity index (χ4n) is 3.05. The molecule has 0 bridgehead atoms. The molecule has 160 valence electrons. The minimum Gasteiger partial charge on any atom is -0.354 e. The van der Waals surface area contributed by atoms with Crippen molar-refractivity contribution < 1.29 is 14.4 Å². The minimum atomic E-state index is -0.245. The molecule has 2 amide bonds. The highest BCUT2D eigenvalue weighted by molar-refractivity contribution is 5.98. The molecule has 0 aliphatic heterocycles. The number of rotatable bonds is 8. The van der Waals surface area contributed by atoms with Gasteiger partial charge in [0.05, 0.1) is 22.4 Å². The molecule has 0 unspecified atom stereocenters. The maximum atomic E-state index is 12.4. The molecule has 3 aromatic rings. The van der Waals surface area contributed by atoms with Gasteiger partial charge in [0.25, 0.3) is 5.91 Å². The van der Waals surface area contributed by atoms with E-state index in [2.05, 4.69) is 20.6 Å². The van der Waals surface area contributed by atoms with Gasteiger partial charge in [-0.15, -0.1) is 0 Å². The third-order valence-corrected chi connectivity index (χ3v) is 5.02. The normalized spacial score (nSPS) is 10.7. The van der Waals surface area contributed by atoms with Crippen molar-refractivity contribution in [2.75, 3.05) is 13.1 Å². The van der Waals surface area contributed by atoms with Gasteiger partial charge in [-0.3, -0.25) is 14.4 Å². The number of nitrogens with one attached hydrogen (secondary N) is 2. The van der Waals surface area contributed by atoms with E-state index in [1.54, 1.807) is 30.3 Å². The summed E-state index contributed by atoms with van der Waals surface area (Å²) in [4.78, 5) is 45.4. The molecule has 7 heteroatoms. The fraction of sp³-hybridized carbons (Fsp3) is 0.292. The van der Waals surface area contributed by atoms with E-state index in [4.69, 9.17) is 0 Å². The second-order valence-electron chi connectivity index (χ2n) is 7.49. The standard InChI is InChI=1S/C24H26N4O3/c1-15-4-6-18(7-5-15)22(29)10-11-23(30)25-12-13-26-24(31)19-8-9-20-21(14-19)28-17(3)16(2)27-20/h4-9,14H,10-13H2,1-3H3,(H,25,30)(H,26,31). The van der Waals surface area contributed by atoms with E-state index in [0.29, 0.717) is 16.6 Å². The summed E-state index contributed by atoms with van der Waals surface area (Å²) in [5, 5.41) is 5.49. The molecule has 2 aromatic carbocycles. The van der Waals surface area contributed by atoms with E-state index in [9.17, 15) is 14.4 Å². The molecule has 0 spiro atoms. The Morgan fingerprint density at radius 3 is 2.06 bits per heavy atom. The third-order valence-electron chi connectivity index (χ3n) is 5.02. The number of aromatic nitrogens is 2. The molecule has 0 fully saturated rings. The Hall–Kier alpha value is -3.61. The lowest BCUT2D eigenvalue weighted by atomic mass is 10.1. The number of ketones is 1. The SMILES string of the molecule is Cc1ccc(C(=O)CCC(=O)NCCNC(=O)c2ccc3nc(C)c(C)nc3c2)cc1. The van der Waals surface area contributed by atoms with Crippen LogP contribution in [0.5, 0.6) is 0 Å². The van der Waals surface area contributed by atoms with Crippen molar-refractivity contribution in [1.82, 2.24) is 20.6 Å². The van der Waals surface area contributed by atoms with Crippen molar-refractivity contribution >= 4 is 28.6 Å². The van der Waals surface area contributed by atoms with Crippen molar-refractivity contribution in [2.45, 2.75) is 33.6 Å². The van der Waals surface area contributed by atoms with Gasteiger partial charge >= 0.3 is 0 Å². The van der Waals surface area contributed by atoms with E-state index < -0.39 is 0 Å². The number of carbonyl (C=O) groups excluding carboxylic acids is 3.